The Morgan fingerprint density at radius 2 is 2.04 bits per heavy atom. The minimum Gasteiger partial charge on any atom is -0.497 e. The van der Waals surface area contributed by atoms with Gasteiger partial charge in [0.25, 0.3) is 0 Å². The Bertz CT molecular complexity index is 908. The lowest BCUT2D eigenvalue weighted by Crippen LogP contribution is -2.16. The van der Waals surface area contributed by atoms with Gasteiger partial charge in [-0.2, -0.15) is 0 Å². The lowest BCUT2D eigenvalue weighted by molar-refractivity contribution is 0.0600. The third-order valence-corrected chi connectivity index (χ3v) is 4.02. The minimum absolute atomic E-state index is 0.171. The molecule has 25 heavy (non-hydrogen) atoms. The monoisotopic (exact) mass is 335 g/mol. The summed E-state index contributed by atoms with van der Waals surface area (Å²) in [5.74, 6) is 0.828. The summed E-state index contributed by atoms with van der Waals surface area (Å²) in [6, 6.07) is 10.5. The summed E-state index contributed by atoms with van der Waals surface area (Å²) in [7, 11) is 2.91. The lowest BCUT2D eigenvalue weighted by Gasteiger charge is -2.25. The van der Waals surface area contributed by atoms with Crippen LogP contribution in [0.15, 0.2) is 42.5 Å². The molecule has 0 aromatic heterocycles. The molecule has 0 spiro atoms. The van der Waals surface area contributed by atoms with Crippen LogP contribution < -0.4 is 9.47 Å². The summed E-state index contributed by atoms with van der Waals surface area (Å²) in [4.78, 5) is 15.5. The van der Waals surface area contributed by atoms with Gasteiger partial charge < -0.3 is 14.2 Å². The quantitative estimate of drug-likeness (QED) is 0.622. The van der Waals surface area contributed by atoms with Crippen molar-refractivity contribution in [3.63, 3.8) is 0 Å². The van der Waals surface area contributed by atoms with E-state index in [-0.39, 0.29) is 6.10 Å². The molecular weight excluding hydrogens is 318 g/mol. The third kappa shape index (κ3) is 2.94. The first-order valence-electron chi connectivity index (χ1n) is 7.75. The molecule has 0 saturated carbocycles. The van der Waals surface area contributed by atoms with Gasteiger partial charge in [-0.25, -0.2) is 9.64 Å². The molecule has 2 aromatic rings. The minimum atomic E-state index is -0.425. The van der Waals surface area contributed by atoms with E-state index in [1.165, 1.54) is 7.11 Å². The maximum absolute atomic E-state index is 11.9. The average Bonchev–Trinajstić information content (AvgIpc) is 2.65. The van der Waals surface area contributed by atoms with Crippen molar-refractivity contribution in [1.82, 2.24) is 0 Å². The van der Waals surface area contributed by atoms with Crippen LogP contribution in [-0.2, 0) is 4.74 Å². The van der Waals surface area contributed by atoms with E-state index in [2.05, 4.69) is 4.85 Å². The SMILES string of the molecule is [C-]#[N+]c1cccc(OC)c1C1=CC(C)Oc2ccc(C(=O)OC)cc21. The van der Waals surface area contributed by atoms with E-state index in [1.54, 1.807) is 37.4 Å². The molecule has 0 saturated heterocycles. The van der Waals surface area contributed by atoms with Crippen LogP contribution in [-0.4, -0.2) is 26.3 Å². The van der Waals surface area contributed by atoms with Crippen LogP contribution in [0.3, 0.4) is 0 Å². The van der Waals surface area contributed by atoms with E-state index in [0.717, 1.165) is 11.1 Å². The number of fused-ring (bicyclic) bond motifs is 1. The second kappa shape index (κ2) is 6.70. The number of carbonyl (C=O) groups excluding carboxylic acids is 1. The predicted molar refractivity (Wildman–Crippen MR) is 94.2 cm³/mol. The van der Waals surface area contributed by atoms with Gasteiger partial charge in [0.1, 0.15) is 17.6 Å². The molecule has 126 valence electrons. The van der Waals surface area contributed by atoms with E-state index in [9.17, 15) is 4.79 Å². The Kier molecular flexibility index (Phi) is 4.44. The molecule has 3 rings (SSSR count). The second-order valence-corrected chi connectivity index (χ2v) is 5.57. The molecule has 0 bridgehead atoms. The Balaban J connectivity index is 2.25. The zero-order chi connectivity index (χ0) is 18.0. The van der Waals surface area contributed by atoms with Crippen LogP contribution in [0, 0.1) is 6.57 Å². The Hall–Kier alpha value is -3.26. The molecule has 5 nitrogen and oxygen atoms in total. The molecule has 1 aliphatic heterocycles. The largest absolute Gasteiger partial charge is 0.497 e. The van der Waals surface area contributed by atoms with Gasteiger partial charge in [-0.3, -0.25) is 0 Å². The first kappa shape index (κ1) is 16.6. The van der Waals surface area contributed by atoms with Crippen molar-refractivity contribution in [1.29, 1.82) is 0 Å². The first-order chi connectivity index (χ1) is 12.1. The number of methoxy groups -OCH3 is 2. The highest BCUT2D eigenvalue weighted by Gasteiger charge is 2.25. The molecule has 1 heterocycles. The van der Waals surface area contributed by atoms with Gasteiger partial charge in [0, 0.05) is 11.1 Å². The van der Waals surface area contributed by atoms with Gasteiger partial charge in [-0.05, 0) is 42.8 Å². The van der Waals surface area contributed by atoms with Gasteiger partial charge in [-0.1, -0.05) is 12.1 Å². The molecule has 1 atom stereocenters. The van der Waals surface area contributed by atoms with Gasteiger partial charge >= 0.3 is 5.97 Å². The van der Waals surface area contributed by atoms with Crippen LogP contribution in [0.5, 0.6) is 11.5 Å². The topological polar surface area (TPSA) is 49.1 Å². The van der Waals surface area contributed by atoms with Crippen molar-refractivity contribution in [2.75, 3.05) is 14.2 Å². The van der Waals surface area contributed by atoms with Crippen LogP contribution >= 0.6 is 0 Å². The van der Waals surface area contributed by atoms with Crippen molar-refractivity contribution in [3.8, 4) is 11.5 Å². The number of benzene rings is 2. The average molecular weight is 335 g/mol. The van der Waals surface area contributed by atoms with Gasteiger partial charge in [0.15, 0.2) is 5.69 Å². The number of carbonyl (C=O) groups is 1. The van der Waals surface area contributed by atoms with Crippen molar-refractivity contribution < 1.29 is 19.0 Å². The smallest absolute Gasteiger partial charge is 0.337 e. The van der Waals surface area contributed by atoms with Gasteiger partial charge in [0.05, 0.1) is 26.4 Å². The van der Waals surface area contributed by atoms with Crippen molar-refractivity contribution in [2.45, 2.75) is 13.0 Å². The predicted octanol–water partition coefficient (Wildman–Crippen LogP) is 4.25. The highest BCUT2D eigenvalue weighted by Crippen LogP contribution is 2.44. The summed E-state index contributed by atoms with van der Waals surface area (Å²) in [5.41, 5.74) is 3.13. The Morgan fingerprint density at radius 1 is 1.24 bits per heavy atom. The zero-order valence-electron chi connectivity index (χ0n) is 14.2. The molecule has 0 fully saturated rings. The molecule has 5 heteroatoms. The third-order valence-electron chi connectivity index (χ3n) is 4.02. The molecule has 0 amide bonds. The molecule has 0 N–H and O–H groups in total. The summed E-state index contributed by atoms with van der Waals surface area (Å²) in [6.07, 6.45) is 1.76. The Labute approximate surface area is 146 Å². The van der Waals surface area contributed by atoms with Gasteiger partial charge in [-0.15, -0.1) is 0 Å². The van der Waals surface area contributed by atoms with E-state index in [1.807, 2.05) is 19.1 Å². The number of hydrogen-bond acceptors (Lipinski definition) is 4. The first-order valence-corrected chi connectivity index (χ1v) is 7.75. The fourth-order valence-electron chi connectivity index (χ4n) is 2.92. The number of esters is 1. The fourth-order valence-corrected chi connectivity index (χ4v) is 2.92. The normalized spacial score (nSPS) is 15.3. The Morgan fingerprint density at radius 3 is 2.72 bits per heavy atom. The standard InChI is InChI=1S/C20H17NO4/c1-12-10-15(19-16(21-2)6-5-7-18(19)23-3)14-11-13(20(22)24-4)8-9-17(14)25-12/h5-12H,1,3-4H3. The van der Waals surface area contributed by atoms with Crippen LogP contribution in [0.1, 0.15) is 28.4 Å². The number of ether oxygens (including phenoxy) is 3. The molecule has 1 unspecified atom stereocenters. The molecular formula is C20H17NO4. The van der Waals surface area contributed by atoms with Gasteiger partial charge in [0.2, 0.25) is 0 Å². The van der Waals surface area contributed by atoms with Crippen LogP contribution in [0.25, 0.3) is 10.4 Å². The van der Waals surface area contributed by atoms with E-state index in [4.69, 9.17) is 20.8 Å². The summed E-state index contributed by atoms with van der Waals surface area (Å²) >= 11 is 0. The second-order valence-electron chi connectivity index (χ2n) is 5.57. The van der Waals surface area contributed by atoms with E-state index in [0.29, 0.717) is 28.3 Å². The maximum atomic E-state index is 11.9. The van der Waals surface area contributed by atoms with Crippen molar-refractivity contribution >= 4 is 17.2 Å². The van der Waals surface area contributed by atoms with Crippen molar-refractivity contribution in [3.05, 3.63) is 70.6 Å². The molecule has 0 aliphatic carbocycles. The highest BCUT2D eigenvalue weighted by molar-refractivity contribution is 5.96. The molecule has 1 aliphatic rings. The number of nitrogens with zero attached hydrogens (tertiary/aromatic N) is 1. The highest BCUT2D eigenvalue weighted by atomic mass is 16.5. The lowest BCUT2D eigenvalue weighted by atomic mass is 9.91. The van der Waals surface area contributed by atoms with Crippen molar-refractivity contribution in [2.24, 2.45) is 0 Å². The number of rotatable bonds is 3. The summed E-state index contributed by atoms with van der Waals surface area (Å²) in [5, 5.41) is 0. The van der Waals surface area contributed by atoms with E-state index < -0.39 is 5.97 Å². The van der Waals surface area contributed by atoms with Crippen LogP contribution in [0.2, 0.25) is 0 Å². The summed E-state index contributed by atoms with van der Waals surface area (Å²) < 4.78 is 16.1. The van der Waals surface area contributed by atoms with E-state index >= 15 is 0 Å². The van der Waals surface area contributed by atoms with Crippen LogP contribution in [0.4, 0.5) is 5.69 Å². The summed E-state index contributed by atoms with van der Waals surface area (Å²) in [6.45, 7) is 9.41. The zero-order valence-corrected chi connectivity index (χ0v) is 14.2. The fraction of sp³-hybridized carbons (Fsp3) is 0.200. The maximum Gasteiger partial charge on any atom is 0.337 e. The molecule has 2 aromatic carbocycles. The number of hydrogen-bond donors (Lipinski definition) is 0. The molecule has 0 radical (unpaired) electrons.